The fraction of sp³-hybridized carbons (Fsp3) is 0.409. The molecule has 174 valence electrons. The fourth-order valence-corrected chi connectivity index (χ4v) is 4.64. The average molecular weight is 566 g/mol. The molecule has 11 heteroatoms. The monoisotopic (exact) mass is 566 g/mol. The summed E-state index contributed by atoms with van der Waals surface area (Å²) in [7, 11) is 1.43. The second-order valence-corrected chi connectivity index (χ2v) is 9.23. The number of esters is 1. The number of nitrogens with one attached hydrogen (secondary N) is 3. The van der Waals surface area contributed by atoms with Crippen LogP contribution in [0, 0.1) is 21.2 Å². The summed E-state index contributed by atoms with van der Waals surface area (Å²) in [5.41, 5.74) is 1.96. The van der Waals surface area contributed by atoms with Crippen molar-refractivity contribution in [3.05, 3.63) is 45.2 Å². The molecule has 1 fully saturated rings. The smallest absolute Gasteiger partial charge is 0.308 e. The molecule has 33 heavy (non-hydrogen) atoms. The lowest BCUT2D eigenvalue weighted by atomic mass is 9.82. The first kappa shape index (κ1) is 23.3. The van der Waals surface area contributed by atoms with Crippen LogP contribution >= 0.6 is 22.6 Å². The Morgan fingerprint density at radius 3 is 2.76 bits per heavy atom. The van der Waals surface area contributed by atoms with E-state index in [0.29, 0.717) is 32.9 Å². The highest BCUT2D eigenvalue weighted by Crippen LogP contribution is 2.30. The third kappa shape index (κ3) is 5.40. The Morgan fingerprint density at radius 2 is 2.03 bits per heavy atom. The van der Waals surface area contributed by atoms with E-state index in [2.05, 4.69) is 30.8 Å². The van der Waals surface area contributed by atoms with E-state index in [1.54, 1.807) is 12.1 Å². The van der Waals surface area contributed by atoms with Gasteiger partial charge in [-0.1, -0.05) is 6.07 Å². The lowest BCUT2D eigenvalue weighted by molar-refractivity contribution is -0.146. The maximum atomic E-state index is 13.4. The highest BCUT2D eigenvalue weighted by Gasteiger charge is 2.27. The summed E-state index contributed by atoms with van der Waals surface area (Å²) in [6.45, 7) is 0.941. The molecule has 3 aromatic rings. The van der Waals surface area contributed by atoms with Gasteiger partial charge in [0.05, 0.1) is 13.0 Å². The number of halogens is 2. The number of aromatic nitrogens is 4. The molecule has 0 atom stereocenters. The van der Waals surface area contributed by atoms with E-state index < -0.39 is 0 Å². The number of hydrogen-bond donors (Lipinski definition) is 3. The molecule has 1 amide bonds. The summed E-state index contributed by atoms with van der Waals surface area (Å²) in [6.07, 6.45) is 4.83. The molecule has 0 aliphatic heterocycles. The molecule has 2 heterocycles. The number of methoxy groups -OCH3 is 1. The maximum Gasteiger partial charge on any atom is 0.308 e. The second-order valence-electron chi connectivity index (χ2n) is 8.07. The van der Waals surface area contributed by atoms with E-state index in [4.69, 9.17) is 4.74 Å². The quantitative estimate of drug-likeness (QED) is 0.296. The van der Waals surface area contributed by atoms with Crippen molar-refractivity contribution in [1.82, 2.24) is 25.5 Å². The number of H-pyrrole nitrogens is 1. The van der Waals surface area contributed by atoms with Gasteiger partial charge in [0, 0.05) is 16.7 Å². The first-order valence-corrected chi connectivity index (χ1v) is 11.8. The van der Waals surface area contributed by atoms with E-state index in [1.807, 2.05) is 22.6 Å². The lowest BCUT2D eigenvalue weighted by Gasteiger charge is -2.26. The molecule has 1 aromatic carbocycles. The molecule has 9 nitrogen and oxygen atoms in total. The van der Waals surface area contributed by atoms with Crippen LogP contribution in [0.3, 0.4) is 0 Å². The predicted octanol–water partition coefficient (Wildman–Crippen LogP) is 3.42. The van der Waals surface area contributed by atoms with E-state index in [0.717, 1.165) is 31.2 Å². The van der Waals surface area contributed by atoms with Crippen LogP contribution < -0.4 is 10.6 Å². The number of aromatic amines is 1. The van der Waals surface area contributed by atoms with Crippen LogP contribution in [0.4, 0.5) is 10.2 Å². The number of anilines is 1. The number of ether oxygens (including phenoxy) is 1. The predicted molar refractivity (Wildman–Crippen MR) is 128 cm³/mol. The van der Waals surface area contributed by atoms with Crippen molar-refractivity contribution in [3.8, 4) is 0 Å². The average Bonchev–Trinajstić information content (AvgIpc) is 3.26. The third-order valence-corrected chi connectivity index (χ3v) is 6.77. The lowest BCUT2D eigenvalue weighted by Crippen LogP contribution is -2.26. The number of benzene rings is 1. The van der Waals surface area contributed by atoms with Gasteiger partial charge in [-0.15, -0.1) is 0 Å². The molecule has 4 rings (SSSR count). The Hall–Kier alpha value is -2.83. The van der Waals surface area contributed by atoms with Crippen molar-refractivity contribution in [3.63, 3.8) is 0 Å². The van der Waals surface area contributed by atoms with E-state index in [9.17, 15) is 14.0 Å². The van der Waals surface area contributed by atoms with Gasteiger partial charge in [-0.2, -0.15) is 5.10 Å². The summed E-state index contributed by atoms with van der Waals surface area (Å²) in [5, 5.41) is 13.3. The standard InChI is InChI=1S/C22H24FIN6O3/c1-33-22(32)14-5-2-12(3-6-14)9-25-20-18-17(29-30-20)19(28-11-27-18)21(31)26-10-13-4-7-15(23)16(24)8-13/h4,7-8,11-12,14H,2-3,5-6,9-10H2,1H3,(H,26,31)(H2,25,29,30). The van der Waals surface area contributed by atoms with Crippen molar-refractivity contribution < 1.29 is 18.7 Å². The van der Waals surface area contributed by atoms with Crippen molar-refractivity contribution in [2.24, 2.45) is 11.8 Å². The Kier molecular flexibility index (Phi) is 7.36. The van der Waals surface area contributed by atoms with Crippen LogP contribution in [-0.4, -0.2) is 45.7 Å². The molecule has 3 N–H and O–H groups in total. The Labute approximate surface area is 203 Å². The summed E-state index contributed by atoms with van der Waals surface area (Å²) in [4.78, 5) is 32.8. The molecule has 1 saturated carbocycles. The van der Waals surface area contributed by atoms with Crippen molar-refractivity contribution in [2.45, 2.75) is 32.2 Å². The molecule has 0 unspecified atom stereocenters. The van der Waals surface area contributed by atoms with E-state index >= 15 is 0 Å². The maximum absolute atomic E-state index is 13.4. The minimum atomic E-state index is -0.377. The zero-order chi connectivity index (χ0) is 23.4. The summed E-state index contributed by atoms with van der Waals surface area (Å²) >= 11 is 1.91. The number of amides is 1. The molecule has 0 bridgehead atoms. The van der Waals surface area contributed by atoms with Gasteiger partial charge in [0.2, 0.25) is 0 Å². The van der Waals surface area contributed by atoms with Crippen molar-refractivity contribution in [2.75, 3.05) is 19.0 Å². The molecule has 0 saturated heterocycles. The molecular formula is C22H24FIN6O3. The summed E-state index contributed by atoms with van der Waals surface area (Å²) in [5.74, 6) is 0.168. The molecule has 1 aliphatic rings. The first-order valence-electron chi connectivity index (χ1n) is 10.7. The Morgan fingerprint density at radius 1 is 1.24 bits per heavy atom. The number of fused-ring (bicyclic) bond motifs is 1. The van der Waals surface area contributed by atoms with Crippen LogP contribution in [0.5, 0.6) is 0 Å². The van der Waals surface area contributed by atoms with Crippen molar-refractivity contribution in [1.29, 1.82) is 0 Å². The van der Waals surface area contributed by atoms with Crippen molar-refractivity contribution >= 4 is 51.3 Å². The number of hydrogen-bond acceptors (Lipinski definition) is 7. The largest absolute Gasteiger partial charge is 0.469 e. The summed E-state index contributed by atoms with van der Waals surface area (Å²) < 4.78 is 18.8. The van der Waals surface area contributed by atoms with Gasteiger partial charge in [0.1, 0.15) is 23.2 Å². The van der Waals surface area contributed by atoms with Gasteiger partial charge in [-0.25, -0.2) is 14.4 Å². The third-order valence-electron chi connectivity index (χ3n) is 5.94. The fourth-order valence-electron chi connectivity index (χ4n) is 4.06. The van der Waals surface area contributed by atoms with Crippen LogP contribution in [0.15, 0.2) is 24.5 Å². The second kappa shape index (κ2) is 10.4. The highest BCUT2D eigenvalue weighted by atomic mass is 127. The molecule has 0 radical (unpaired) electrons. The van der Waals surface area contributed by atoms with E-state index in [-0.39, 0.29) is 35.9 Å². The highest BCUT2D eigenvalue weighted by molar-refractivity contribution is 14.1. The zero-order valence-corrected chi connectivity index (χ0v) is 20.2. The zero-order valence-electron chi connectivity index (χ0n) is 18.0. The minimum Gasteiger partial charge on any atom is -0.469 e. The number of nitrogens with zero attached hydrogens (tertiary/aromatic N) is 3. The molecule has 2 aromatic heterocycles. The van der Waals surface area contributed by atoms with Gasteiger partial charge in [0.15, 0.2) is 11.5 Å². The van der Waals surface area contributed by atoms with Crippen LogP contribution in [0.25, 0.3) is 11.0 Å². The van der Waals surface area contributed by atoms with Gasteiger partial charge in [-0.3, -0.25) is 14.7 Å². The SMILES string of the molecule is COC(=O)C1CCC(CNc2n[nH]c3c(C(=O)NCc4ccc(F)c(I)c4)ncnc23)CC1. The number of carbonyl (C=O) groups excluding carboxylic acids is 2. The summed E-state index contributed by atoms with van der Waals surface area (Å²) in [6, 6.07) is 4.69. The minimum absolute atomic E-state index is 0.00958. The van der Waals surface area contributed by atoms with Crippen LogP contribution in [-0.2, 0) is 16.1 Å². The molecular weight excluding hydrogens is 542 g/mol. The topological polar surface area (TPSA) is 122 Å². The van der Waals surface area contributed by atoms with Gasteiger partial charge in [0.25, 0.3) is 5.91 Å². The van der Waals surface area contributed by atoms with Gasteiger partial charge in [-0.05, 0) is 71.9 Å². The van der Waals surface area contributed by atoms with Crippen LogP contribution in [0.2, 0.25) is 0 Å². The Bertz CT molecular complexity index is 1160. The van der Waals surface area contributed by atoms with Gasteiger partial charge < -0.3 is 15.4 Å². The normalized spacial score (nSPS) is 18.2. The number of rotatable bonds is 7. The van der Waals surface area contributed by atoms with E-state index in [1.165, 1.54) is 19.5 Å². The van der Waals surface area contributed by atoms with Gasteiger partial charge >= 0.3 is 5.97 Å². The van der Waals surface area contributed by atoms with Crippen LogP contribution in [0.1, 0.15) is 41.7 Å². The molecule has 0 spiro atoms. The number of carbonyl (C=O) groups is 2. The first-order chi connectivity index (χ1) is 16.0. The Balaban J connectivity index is 1.37. The molecule has 1 aliphatic carbocycles.